The maximum atomic E-state index is 12.8. The van der Waals surface area contributed by atoms with Crippen molar-refractivity contribution >= 4 is 23.2 Å². The number of hydrogen-bond acceptors (Lipinski definition) is 3. The van der Waals surface area contributed by atoms with E-state index < -0.39 is 0 Å². The van der Waals surface area contributed by atoms with Gasteiger partial charge in [-0.15, -0.1) is 0 Å². The van der Waals surface area contributed by atoms with Crippen molar-refractivity contribution < 1.29 is 4.79 Å². The molecule has 0 radical (unpaired) electrons. The monoisotopic (exact) mass is 363 g/mol. The van der Waals surface area contributed by atoms with E-state index in [4.69, 9.17) is 17.3 Å². The Balaban J connectivity index is 1.61. The lowest BCUT2D eigenvalue weighted by Crippen LogP contribution is -2.55. The standard InChI is InChI=1S/C20H30ClN3O/c1-14-12-23(13-17-10-18(21)11-19(22)15(17)2)8-9-24(14)20(25)16-6-4-3-5-7-16/h10-11,14,16H,3-9,12-13,22H2,1-2H3. The smallest absolute Gasteiger partial charge is 0.226 e. The van der Waals surface area contributed by atoms with E-state index in [1.165, 1.54) is 24.8 Å². The number of nitrogens with zero attached hydrogens (tertiary/aromatic N) is 2. The van der Waals surface area contributed by atoms with Gasteiger partial charge in [0.05, 0.1) is 0 Å². The molecule has 1 atom stereocenters. The van der Waals surface area contributed by atoms with Gasteiger partial charge in [-0.25, -0.2) is 0 Å². The van der Waals surface area contributed by atoms with Crippen molar-refractivity contribution in [2.75, 3.05) is 25.4 Å². The number of nitrogens with two attached hydrogens (primary N) is 1. The molecular weight excluding hydrogens is 334 g/mol. The van der Waals surface area contributed by atoms with Crippen LogP contribution in [0.1, 0.15) is 50.2 Å². The van der Waals surface area contributed by atoms with Crippen LogP contribution in [0.15, 0.2) is 12.1 Å². The summed E-state index contributed by atoms with van der Waals surface area (Å²) in [5.74, 6) is 0.646. The van der Waals surface area contributed by atoms with Crippen LogP contribution >= 0.6 is 11.6 Å². The normalized spacial score (nSPS) is 23.0. The zero-order valence-corrected chi connectivity index (χ0v) is 16.2. The molecule has 3 rings (SSSR count). The molecule has 4 nitrogen and oxygen atoms in total. The third-order valence-corrected chi connectivity index (χ3v) is 6.08. The molecule has 1 heterocycles. The van der Waals surface area contributed by atoms with E-state index >= 15 is 0 Å². The van der Waals surface area contributed by atoms with Crippen LogP contribution in [0.25, 0.3) is 0 Å². The summed E-state index contributed by atoms with van der Waals surface area (Å²) >= 11 is 6.17. The average molecular weight is 364 g/mol. The maximum absolute atomic E-state index is 12.8. The largest absolute Gasteiger partial charge is 0.398 e. The van der Waals surface area contributed by atoms with Gasteiger partial charge in [0.1, 0.15) is 0 Å². The molecule has 1 saturated heterocycles. The second-order valence-electron chi connectivity index (χ2n) is 7.73. The summed E-state index contributed by atoms with van der Waals surface area (Å²) in [7, 11) is 0. The fourth-order valence-electron chi connectivity index (χ4n) is 4.25. The molecule has 1 aliphatic carbocycles. The lowest BCUT2D eigenvalue weighted by Gasteiger charge is -2.42. The summed E-state index contributed by atoms with van der Waals surface area (Å²) in [6.07, 6.45) is 5.86. The molecule has 2 N–H and O–H groups in total. The second kappa shape index (κ2) is 7.96. The molecule has 25 heavy (non-hydrogen) atoms. The molecule has 138 valence electrons. The predicted octanol–water partition coefficient (Wildman–Crippen LogP) is 3.84. The van der Waals surface area contributed by atoms with Gasteiger partial charge in [-0.05, 0) is 49.9 Å². The minimum Gasteiger partial charge on any atom is -0.398 e. The number of amides is 1. The number of piperazine rings is 1. The van der Waals surface area contributed by atoms with Crippen molar-refractivity contribution in [3.8, 4) is 0 Å². The number of rotatable bonds is 3. The Morgan fingerprint density at radius 1 is 1.24 bits per heavy atom. The number of anilines is 1. The first-order valence-corrected chi connectivity index (χ1v) is 9.91. The molecular formula is C20H30ClN3O. The first-order chi connectivity index (χ1) is 12.0. The number of benzene rings is 1. The van der Waals surface area contributed by atoms with Crippen LogP contribution in [-0.2, 0) is 11.3 Å². The summed E-state index contributed by atoms with van der Waals surface area (Å²) in [5.41, 5.74) is 9.09. The summed E-state index contributed by atoms with van der Waals surface area (Å²) in [5, 5.41) is 0.692. The average Bonchev–Trinajstić information content (AvgIpc) is 2.59. The second-order valence-corrected chi connectivity index (χ2v) is 8.17. The molecule has 1 saturated carbocycles. The van der Waals surface area contributed by atoms with Crippen molar-refractivity contribution in [2.24, 2.45) is 5.92 Å². The zero-order chi connectivity index (χ0) is 18.0. The van der Waals surface area contributed by atoms with Gasteiger partial charge in [-0.2, -0.15) is 0 Å². The van der Waals surface area contributed by atoms with Crippen LogP contribution in [-0.4, -0.2) is 41.4 Å². The molecule has 2 aliphatic rings. The van der Waals surface area contributed by atoms with Gasteiger partial charge in [0.25, 0.3) is 0 Å². The topological polar surface area (TPSA) is 49.6 Å². The maximum Gasteiger partial charge on any atom is 0.226 e. The Morgan fingerprint density at radius 3 is 2.64 bits per heavy atom. The number of halogens is 1. The Kier molecular flexibility index (Phi) is 5.90. The number of carbonyl (C=O) groups excluding carboxylic acids is 1. The van der Waals surface area contributed by atoms with Crippen LogP contribution in [0.5, 0.6) is 0 Å². The first-order valence-electron chi connectivity index (χ1n) is 9.53. The van der Waals surface area contributed by atoms with Gasteiger partial charge in [0, 0.05) is 48.8 Å². The molecule has 1 aromatic rings. The van der Waals surface area contributed by atoms with E-state index in [9.17, 15) is 4.79 Å². The van der Waals surface area contributed by atoms with Crippen molar-refractivity contribution in [1.82, 2.24) is 9.80 Å². The van der Waals surface area contributed by atoms with Crippen molar-refractivity contribution in [1.29, 1.82) is 0 Å². The highest BCUT2D eigenvalue weighted by molar-refractivity contribution is 6.31. The first kappa shape index (κ1) is 18.5. The zero-order valence-electron chi connectivity index (χ0n) is 15.4. The van der Waals surface area contributed by atoms with Crippen molar-refractivity contribution in [3.63, 3.8) is 0 Å². The molecule has 1 aliphatic heterocycles. The van der Waals surface area contributed by atoms with E-state index in [2.05, 4.69) is 16.7 Å². The SMILES string of the molecule is Cc1c(N)cc(Cl)cc1CN1CCN(C(=O)C2CCCCC2)C(C)C1. The third kappa shape index (κ3) is 4.29. The lowest BCUT2D eigenvalue weighted by molar-refractivity contribution is -0.141. The minimum atomic E-state index is 0.262. The molecule has 0 aromatic heterocycles. The minimum absolute atomic E-state index is 0.262. The van der Waals surface area contributed by atoms with Gasteiger partial charge >= 0.3 is 0 Å². The van der Waals surface area contributed by atoms with Gasteiger partial charge < -0.3 is 10.6 Å². The summed E-state index contributed by atoms with van der Waals surface area (Å²) in [4.78, 5) is 17.4. The number of nitrogen functional groups attached to an aromatic ring is 1. The highest BCUT2D eigenvalue weighted by Gasteiger charge is 2.32. The fourth-order valence-corrected chi connectivity index (χ4v) is 4.50. The summed E-state index contributed by atoms with van der Waals surface area (Å²) in [6.45, 7) is 7.70. The molecule has 5 heteroatoms. The summed E-state index contributed by atoms with van der Waals surface area (Å²) < 4.78 is 0. The highest BCUT2D eigenvalue weighted by Crippen LogP contribution is 2.28. The van der Waals surface area contributed by atoms with Crippen LogP contribution in [0.3, 0.4) is 0 Å². The third-order valence-electron chi connectivity index (χ3n) is 5.86. The van der Waals surface area contributed by atoms with Gasteiger partial charge in [0.15, 0.2) is 0 Å². The summed E-state index contributed by atoms with van der Waals surface area (Å²) in [6, 6.07) is 4.08. The van der Waals surface area contributed by atoms with Crippen LogP contribution in [0, 0.1) is 12.8 Å². The molecule has 2 fully saturated rings. The van der Waals surface area contributed by atoms with Crippen molar-refractivity contribution in [3.05, 3.63) is 28.3 Å². The Hall–Kier alpha value is -1.26. The molecule has 1 amide bonds. The van der Waals surface area contributed by atoms with E-state index in [0.717, 1.165) is 50.3 Å². The quantitative estimate of drug-likeness (QED) is 0.830. The Bertz CT molecular complexity index is 628. The van der Waals surface area contributed by atoms with Crippen LogP contribution in [0.2, 0.25) is 5.02 Å². The van der Waals surface area contributed by atoms with E-state index in [1.807, 2.05) is 19.1 Å². The van der Waals surface area contributed by atoms with Crippen LogP contribution in [0.4, 0.5) is 5.69 Å². The van der Waals surface area contributed by atoms with Gasteiger partial charge in [0.2, 0.25) is 5.91 Å². The van der Waals surface area contributed by atoms with Crippen LogP contribution < -0.4 is 5.73 Å². The van der Waals surface area contributed by atoms with Crippen molar-refractivity contribution in [2.45, 2.75) is 58.5 Å². The number of carbonyl (C=O) groups is 1. The Labute approximate surface area is 156 Å². The lowest BCUT2D eigenvalue weighted by atomic mass is 9.87. The molecule has 1 unspecified atom stereocenters. The van der Waals surface area contributed by atoms with Gasteiger partial charge in [-0.3, -0.25) is 9.69 Å². The molecule has 1 aromatic carbocycles. The molecule has 0 bridgehead atoms. The highest BCUT2D eigenvalue weighted by atomic mass is 35.5. The fraction of sp³-hybridized carbons (Fsp3) is 0.650. The number of hydrogen-bond donors (Lipinski definition) is 1. The van der Waals surface area contributed by atoms with E-state index in [-0.39, 0.29) is 12.0 Å². The van der Waals surface area contributed by atoms with Gasteiger partial charge in [-0.1, -0.05) is 30.9 Å². The van der Waals surface area contributed by atoms with E-state index in [1.54, 1.807) is 0 Å². The Morgan fingerprint density at radius 2 is 1.96 bits per heavy atom. The predicted molar refractivity (Wildman–Crippen MR) is 104 cm³/mol. The van der Waals surface area contributed by atoms with E-state index in [0.29, 0.717) is 10.9 Å². The molecule has 0 spiro atoms.